The molecule has 1 rings (SSSR count). The van der Waals surface area contributed by atoms with Gasteiger partial charge in [0.15, 0.2) is 9.84 Å². The minimum absolute atomic E-state index is 0.285. The van der Waals surface area contributed by atoms with Gasteiger partial charge in [-0.15, -0.1) is 6.58 Å². The van der Waals surface area contributed by atoms with Crippen LogP contribution in [0.5, 0.6) is 0 Å². The number of benzene rings is 1. The molecular weight excluding hydrogens is 198 g/mol. The van der Waals surface area contributed by atoms with E-state index in [0.717, 1.165) is 5.56 Å². The Kier molecular flexibility index (Phi) is 3.08. The van der Waals surface area contributed by atoms with Gasteiger partial charge in [-0.25, -0.2) is 8.42 Å². The van der Waals surface area contributed by atoms with Gasteiger partial charge in [0.2, 0.25) is 0 Å². The van der Waals surface area contributed by atoms with Crippen LogP contribution < -0.4 is 5.73 Å². The summed E-state index contributed by atoms with van der Waals surface area (Å²) in [6, 6.07) is 6.25. The van der Waals surface area contributed by atoms with Crippen LogP contribution in [-0.4, -0.2) is 14.7 Å². The summed E-state index contributed by atoms with van der Waals surface area (Å²) in [6.07, 6.45) is 2.74. The summed E-state index contributed by atoms with van der Waals surface area (Å²) in [7, 11) is -3.16. The average Bonchev–Trinajstić information content (AvgIpc) is 2.15. The molecule has 0 aliphatic heterocycles. The number of sulfone groups is 1. The molecule has 76 valence electrons. The first-order valence-electron chi connectivity index (χ1n) is 4.13. The third-order valence-electron chi connectivity index (χ3n) is 1.93. The zero-order valence-electron chi connectivity index (χ0n) is 7.97. The lowest BCUT2D eigenvalue weighted by Gasteiger charge is -2.07. The molecule has 2 N–H and O–H groups in total. The molecule has 0 saturated heterocycles. The summed E-state index contributed by atoms with van der Waals surface area (Å²) in [5.74, 6) is 0. The highest BCUT2D eigenvalue weighted by Gasteiger charge is 2.09. The Labute approximate surface area is 84.2 Å². The molecule has 14 heavy (non-hydrogen) atoms. The molecule has 0 aromatic heterocycles. The fourth-order valence-corrected chi connectivity index (χ4v) is 1.76. The van der Waals surface area contributed by atoms with E-state index >= 15 is 0 Å². The van der Waals surface area contributed by atoms with E-state index in [2.05, 4.69) is 6.58 Å². The highest BCUT2D eigenvalue weighted by molar-refractivity contribution is 7.90. The molecule has 1 aromatic rings. The minimum atomic E-state index is -3.16. The normalized spacial score (nSPS) is 13.6. The predicted octanol–water partition coefficient (Wildman–Crippen LogP) is 1.28. The van der Waals surface area contributed by atoms with Gasteiger partial charge in [0, 0.05) is 12.3 Å². The van der Waals surface area contributed by atoms with E-state index in [1.165, 1.54) is 6.26 Å². The maximum Gasteiger partial charge on any atom is 0.175 e. The Morgan fingerprint density at radius 3 is 2.64 bits per heavy atom. The molecule has 1 aromatic carbocycles. The standard InChI is InChI=1S/C10H13NO2S/c1-3-10(11)8-5-4-6-9(7-8)14(2,12)13/h3-7,10H,1,11H2,2H3. The largest absolute Gasteiger partial charge is 0.321 e. The number of hydrogen-bond acceptors (Lipinski definition) is 3. The molecule has 0 fully saturated rings. The van der Waals surface area contributed by atoms with Crippen LogP contribution in [0.3, 0.4) is 0 Å². The summed E-state index contributed by atoms with van der Waals surface area (Å²) < 4.78 is 22.5. The second kappa shape index (κ2) is 3.94. The van der Waals surface area contributed by atoms with E-state index in [9.17, 15) is 8.42 Å². The molecule has 0 bridgehead atoms. The van der Waals surface area contributed by atoms with Gasteiger partial charge in [-0.2, -0.15) is 0 Å². The Bertz CT molecular complexity index is 437. The van der Waals surface area contributed by atoms with Crippen LogP contribution in [0.25, 0.3) is 0 Å². The van der Waals surface area contributed by atoms with Crippen LogP contribution >= 0.6 is 0 Å². The minimum Gasteiger partial charge on any atom is -0.321 e. The summed E-state index contributed by atoms with van der Waals surface area (Å²) in [4.78, 5) is 0.285. The van der Waals surface area contributed by atoms with Crippen LogP contribution in [0.2, 0.25) is 0 Å². The summed E-state index contributed by atoms with van der Waals surface area (Å²) in [5, 5.41) is 0. The number of nitrogens with two attached hydrogens (primary N) is 1. The fraction of sp³-hybridized carbons (Fsp3) is 0.200. The predicted molar refractivity (Wildman–Crippen MR) is 56.7 cm³/mol. The van der Waals surface area contributed by atoms with Crippen molar-refractivity contribution in [3.63, 3.8) is 0 Å². The molecule has 1 unspecified atom stereocenters. The van der Waals surface area contributed by atoms with Crippen molar-refractivity contribution in [2.24, 2.45) is 5.73 Å². The lowest BCUT2D eigenvalue weighted by molar-refractivity contribution is 0.601. The van der Waals surface area contributed by atoms with Gasteiger partial charge in [-0.05, 0) is 17.7 Å². The lowest BCUT2D eigenvalue weighted by atomic mass is 10.1. The van der Waals surface area contributed by atoms with Crippen molar-refractivity contribution in [2.45, 2.75) is 10.9 Å². The highest BCUT2D eigenvalue weighted by Crippen LogP contribution is 2.16. The zero-order valence-corrected chi connectivity index (χ0v) is 8.79. The van der Waals surface area contributed by atoms with Crippen molar-refractivity contribution in [1.82, 2.24) is 0 Å². The first-order chi connectivity index (χ1) is 6.45. The van der Waals surface area contributed by atoms with Crippen molar-refractivity contribution >= 4 is 9.84 Å². The third kappa shape index (κ3) is 2.43. The van der Waals surface area contributed by atoms with Crippen molar-refractivity contribution < 1.29 is 8.42 Å². The Morgan fingerprint density at radius 2 is 2.14 bits per heavy atom. The topological polar surface area (TPSA) is 60.2 Å². The van der Waals surface area contributed by atoms with Gasteiger partial charge >= 0.3 is 0 Å². The van der Waals surface area contributed by atoms with Crippen LogP contribution in [0.1, 0.15) is 11.6 Å². The van der Waals surface area contributed by atoms with Gasteiger partial charge < -0.3 is 5.73 Å². The Hall–Kier alpha value is -1.13. The van der Waals surface area contributed by atoms with Crippen LogP contribution in [0, 0.1) is 0 Å². The van der Waals surface area contributed by atoms with Crippen molar-refractivity contribution in [3.8, 4) is 0 Å². The summed E-state index contributed by atoms with van der Waals surface area (Å²) in [6.45, 7) is 3.55. The van der Waals surface area contributed by atoms with E-state index in [-0.39, 0.29) is 10.9 Å². The van der Waals surface area contributed by atoms with E-state index in [1.807, 2.05) is 0 Å². The summed E-state index contributed by atoms with van der Waals surface area (Å²) in [5.41, 5.74) is 6.45. The number of hydrogen-bond donors (Lipinski definition) is 1. The molecule has 0 aliphatic carbocycles. The van der Waals surface area contributed by atoms with Crippen molar-refractivity contribution in [1.29, 1.82) is 0 Å². The molecule has 0 amide bonds. The Morgan fingerprint density at radius 1 is 1.50 bits per heavy atom. The molecule has 0 heterocycles. The van der Waals surface area contributed by atoms with Crippen molar-refractivity contribution in [2.75, 3.05) is 6.26 Å². The lowest BCUT2D eigenvalue weighted by Crippen LogP contribution is -2.07. The molecule has 4 heteroatoms. The Balaban J connectivity index is 3.20. The van der Waals surface area contributed by atoms with E-state index in [0.29, 0.717) is 0 Å². The van der Waals surface area contributed by atoms with Gasteiger partial charge in [-0.3, -0.25) is 0 Å². The monoisotopic (exact) mass is 211 g/mol. The molecule has 3 nitrogen and oxygen atoms in total. The first-order valence-corrected chi connectivity index (χ1v) is 6.02. The van der Waals surface area contributed by atoms with Gasteiger partial charge in [0.05, 0.1) is 4.90 Å². The van der Waals surface area contributed by atoms with Crippen molar-refractivity contribution in [3.05, 3.63) is 42.5 Å². The van der Waals surface area contributed by atoms with Gasteiger partial charge in [-0.1, -0.05) is 18.2 Å². The molecule has 0 radical (unpaired) electrons. The van der Waals surface area contributed by atoms with Crippen LogP contribution in [0.15, 0.2) is 41.8 Å². The quantitative estimate of drug-likeness (QED) is 0.766. The van der Waals surface area contributed by atoms with E-state index in [4.69, 9.17) is 5.73 Å². The molecule has 0 spiro atoms. The second-order valence-corrected chi connectivity index (χ2v) is 5.12. The SMILES string of the molecule is C=CC(N)c1cccc(S(C)(=O)=O)c1. The van der Waals surface area contributed by atoms with Gasteiger partial charge in [0.1, 0.15) is 0 Å². The molecule has 0 aliphatic rings. The summed E-state index contributed by atoms with van der Waals surface area (Å²) >= 11 is 0. The highest BCUT2D eigenvalue weighted by atomic mass is 32.2. The first kappa shape index (κ1) is 10.9. The average molecular weight is 211 g/mol. The molecule has 0 saturated carbocycles. The molecular formula is C10H13NO2S. The zero-order chi connectivity index (χ0) is 10.8. The van der Waals surface area contributed by atoms with Gasteiger partial charge in [0.25, 0.3) is 0 Å². The second-order valence-electron chi connectivity index (χ2n) is 3.11. The maximum atomic E-state index is 11.2. The smallest absolute Gasteiger partial charge is 0.175 e. The van der Waals surface area contributed by atoms with E-state index in [1.54, 1.807) is 30.3 Å². The van der Waals surface area contributed by atoms with Crippen LogP contribution in [0.4, 0.5) is 0 Å². The maximum absolute atomic E-state index is 11.2. The van der Waals surface area contributed by atoms with E-state index < -0.39 is 9.84 Å². The third-order valence-corrected chi connectivity index (χ3v) is 3.04. The van der Waals surface area contributed by atoms with Crippen LogP contribution in [-0.2, 0) is 9.84 Å². The molecule has 1 atom stereocenters. The number of rotatable bonds is 3. The fourth-order valence-electron chi connectivity index (χ4n) is 1.09.